The molecule has 0 saturated heterocycles. The highest BCUT2D eigenvalue weighted by atomic mass is 32.1. The summed E-state index contributed by atoms with van der Waals surface area (Å²) in [6.07, 6.45) is 0.859. The fourth-order valence-electron chi connectivity index (χ4n) is 4.76. The average molecular weight is 565 g/mol. The van der Waals surface area contributed by atoms with E-state index in [0.717, 1.165) is 23.8 Å². The van der Waals surface area contributed by atoms with Crippen LogP contribution in [0.15, 0.2) is 45.6 Å². The van der Waals surface area contributed by atoms with Crippen molar-refractivity contribution in [1.29, 1.82) is 0 Å². The maximum Gasteiger partial charge on any atom is 0.297 e. The number of nitrogens with zero attached hydrogens (tertiary/aromatic N) is 2. The van der Waals surface area contributed by atoms with Gasteiger partial charge in [0.05, 0.1) is 40.8 Å². The van der Waals surface area contributed by atoms with Gasteiger partial charge in [0.2, 0.25) is 5.76 Å². The second-order valence-corrected chi connectivity index (χ2v) is 11.0. The average Bonchev–Trinajstić information content (AvgIpc) is 3.43. The number of amides is 1. The number of Topliss-reactive ketones (excluding diaryl/α,β-unsaturated/α-hetero) is 1. The molecular weight excluding hydrogens is 535 g/mol. The third-order valence-corrected chi connectivity index (χ3v) is 7.94. The van der Waals surface area contributed by atoms with Crippen LogP contribution >= 0.6 is 11.3 Å². The maximum absolute atomic E-state index is 14.1. The summed E-state index contributed by atoms with van der Waals surface area (Å²) in [4.78, 5) is 46.2. The molecule has 1 aliphatic rings. The molecular formula is C30H29FN2O6S. The second kappa shape index (κ2) is 10.8. The molecule has 1 aliphatic heterocycles. The van der Waals surface area contributed by atoms with Crippen LogP contribution in [0.25, 0.3) is 11.0 Å². The molecule has 1 amide bonds. The maximum atomic E-state index is 14.1. The summed E-state index contributed by atoms with van der Waals surface area (Å²) in [5.41, 5.74) is 0.670. The Balaban J connectivity index is 1.71. The van der Waals surface area contributed by atoms with E-state index in [1.165, 1.54) is 24.0 Å². The van der Waals surface area contributed by atoms with Crippen molar-refractivity contribution in [3.8, 4) is 11.5 Å². The van der Waals surface area contributed by atoms with Crippen LogP contribution in [0.1, 0.15) is 77.2 Å². The zero-order valence-electron chi connectivity index (χ0n) is 22.9. The first kappa shape index (κ1) is 27.5. The van der Waals surface area contributed by atoms with Crippen LogP contribution in [0.5, 0.6) is 11.5 Å². The summed E-state index contributed by atoms with van der Waals surface area (Å²) in [5, 5.41) is 0.269. The number of aryl methyl sites for hydroxylation is 1. The van der Waals surface area contributed by atoms with E-state index in [9.17, 15) is 18.8 Å². The Morgan fingerprint density at radius 1 is 1.15 bits per heavy atom. The molecule has 4 aromatic rings. The highest BCUT2D eigenvalue weighted by molar-refractivity contribution is 7.17. The lowest BCUT2D eigenvalue weighted by atomic mass is 9.98. The van der Waals surface area contributed by atoms with E-state index in [-0.39, 0.29) is 33.2 Å². The predicted molar refractivity (Wildman–Crippen MR) is 151 cm³/mol. The quantitative estimate of drug-likeness (QED) is 0.215. The van der Waals surface area contributed by atoms with Crippen molar-refractivity contribution in [2.45, 2.75) is 47.1 Å². The number of hydrogen-bond donors (Lipinski definition) is 0. The molecule has 0 N–H and O–H groups in total. The van der Waals surface area contributed by atoms with E-state index in [4.69, 9.17) is 13.9 Å². The Labute approximate surface area is 234 Å². The molecule has 2 aromatic carbocycles. The molecule has 10 heteroatoms. The van der Waals surface area contributed by atoms with Crippen LogP contribution in [0.4, 0.5) is 9.52 Å². The Hall–Kier alpha value is -4.05. The number of carbonyl (C=O) groups is 2. The van der Waals surface area contributed by atoms with E-state index in [1.54, 1.807) is 25.1 Å². The summed E-state index contributed by atoms with van der Waals surface area (Å²) >= 11 is 1.07. The number of halogens is 1. The van der Waals surface area contributed by atoms with Crippen LogP contribution in [0.2, 0.25) is 0 Å². The lowest BCUT2D eigenvalue weighted by Crippen LogP contribution is -2.29. The van der Waals surface area contributed by atoms with Crippen LogP contribution in [0.3, 0.4) is 0 Å². The Morgan fingerprint density at radius 2 is 1.93 bits per heavy atom. The van der Waals surface area contributed by atoms with E-state index in [2.05, 4.69) is 18.8 Å². The highest BCUT2D eigenvalue weighted by Gasteiger charge is 2.45. The number of anilines is 1. The number of hydrogen-bond acceptors (Lipinski definition) is 8. The number of aromatic nitrogens is 1. The van der Waals surface area contributed by atoms with Gasteiger partial charge in [-0.3, -0.25) is 19.3 Å². The zero-order valence-corrected chi connectivity index (χ0v) is 23.7. The minimum Gasteiger partial charge on any atom is -0.490 e. The van der Waals surface area contributed by atoms with Gasteiger partial charge in [-0.2, -0.15) is 0 Å². The smallest absolute Gasteiger partial charge is 0.297 e. The number of rotatable bonds is 9. The first-order valence-corrected chi connectivity index (χ1v) is 13.9. The summed E-state index contributed by atoms with van der Waals surface area (Å²) in [5.74, 6) is -0.0482. The minimum atomic E-state index is -0.958. The molecule has 2 aromatic heterocycles. The fourth-order valence-corrected chi connectivity index (χ4v) is 5.75. The van der Waals surface area contributed by atoms with Crippen molar-refractivity contribution < 1.29 is 27.9 Å². The van der Waals surface area contributed by atoms with Gasteiger partial charge in [-0.25, -0.2) is 9.37 Å². The first-order chi connectivity index (χ1) is 19.1. The van der Waals surface area contributed by atoms with Gasteiger partial charge in [-0.15, -0.1) is 0 Å². The molecule has 0 fully saturated rings. The molecule has 0 saturated carbocycles. The molecule has 208 valence electrons. The molecule has 1 unspecified atom stereocenters. The minimum absolute atomic E-state index is 0.0248. The molecule has 0 bridgehead atoms. The third kappa shape index (κ3) is 4.88. The van der Waals surface area contributed by atoms with Gasteiger partial charge in [0, 0.05) is 6.92 Å². The predicted octanol–water partition coefficient (Wildman–Crippen LogP) is 6.47. The van der Waals surface area contributed by atoms with Crippen molar-refractivity contribution in [2.24, 2.45) is 5.92 Å². The van der Waals surface area contributed by atoms with E-state index < -0.39 is 23.2 Å². The van der Waals surface area contributed by atoms with Crippen LogP contribution in [-0.2, 0) is 0 Å². The summed E-state index contributed by atoms with van der Waals surface area (Å²) in [7, 11) is 0. The number of ether oxygens (including phenoxy) is 2. The van der Waals surface area contributed by atoms with Gasteiger partial charge in [0.1, 0.15) is 11.4 Å². The van der Waals surface area contributed by atoms with Crippen molar-refractivity contribution >= 4 is 39.1 Å². The second-order valence-electron chi connectivity index (χ2n) is 10.0. The first-order valence-electron chi connectivity index (χ1n) is 13.1. The van der Waals surface area contributed by atoms with Crippen LogP contribution in [0, 0.1) is 18.7 Å². The van der Waals surface area contributed by atoms with Crippen LogP contribution < -0.4 is 19.8 Å². The Kier molecular flexibility index (Phi) is 7.46. The van der Waals surface area contributed by atoms with Crippen molar-refractivity contribution in [3.05, 3.63) is 79.9 Å². The van der Waals surface area contributed by atoms with E-state index >= 15 is 0 Å². The number of benzene rings is 2. The van der Waals surface area contributed by atoms with E-state index in [0.29, 0.717) is 46.8 Å². The SMILES string of the molecule is CCOc1cc(C2c3c(oc4ccc(F)cc4c3=O)C(=O)N2c2nc(C)c(C(C)=O)s2)ccc1OCCC(C)C. The normalized spacial score (nSPS) is 14.7. The lowest BCUT2D eigenvalue weighted by Gasteiger charge is -2.23. The summed E-state index contributed by atoms with van der Waals surface area (Å²) < 4.78 is 31.9. The molecule has 0 spiro atoms. The van der Waals surface area contributed by atoms with Crippen LogP contribution in [-0.4, -0.2) is 29.9 Å². The summed E-state index contributed by atoms with van der Waals surface area (Å²) in [6, 6.07) is 7.88. The lowest BCUT2D eigenvalue weighted by molar-refractivity contribution is 0.0969. The third-order valence-electron chi connectivity index (χ3n) is 6.68. The molecule has 40 heavy (non-hydrogen) atoms. The van der Waals surface area contributed by atoms with E-state index in [1.807, 2.05) is 6.92 Å². The van der Waals surface area contributed by atoms with Crippen molar-refractivity contribution in [2.75, 3.05) is 18.1 Å². The van der Waals surface area contributed by atoms with Crippen molar-refractivity contribution in [1.82, 2.24) is 4.98 Å². The number of thiazole rings is 1. The molecule has 3 heterocycles. The standard InChI is InChI=1S/C30H29FN2O6S/c1-6-37-23-13-18(7-9-22(23)38-12-11-15(2)3)25-24-26(35)20-14-19(31)8-10-21(20)39-27(24)29(36)33(25)30-32-16(4)28(40-30)17(5)34/h7-10,13-15,25H,6,11-12H2,1-5H3. The number of fused-ring (bicyclic) bond motifs is 2. The summed E-state index contributed by atoms with van der Waals surface area (Å²) in [6.45, 7) is 10.1. The van der Waals surface area contributed by atoms with Gasteiger partial charge in [-0.1, -0.05) is 31.3 Å². The Bertz CT molecular complexity index is 1690. The zero-order chi connectivity index (χ0) is 28.7. The highest BCUT2D eigenvalue weighted by Crippen LogP contribution is 2.45. The molecule has 5 rings (SSSR count). The largest absolute Gasteiger partial charge is 0.490 e. The van der Waals surface area contributed by atoms with Gasteiger partial charge < -0.3 is 13.9 Å². The fraction of sp³-hybridized carbons (Fsp3) is 0.333. The van der Waals surface area contributed by atoms with Gasteiger partial charge in [0.15, 0.2) is 27.8 Å². The molecule has 1 atom stereocenters. The number of ketones is 1. The topological polar surface area (TPSA) is 98.9 Å². The molecule has 0 aliphatic carbocycles. The molecule has 8 nitrogen and oxygen atoms in total. The van der Waals surface area contributed by atoms with Crippen molar-refractivity contribution in [3.63, 3.8) is 0 Å². The van der Waals surface area contributed by atoms with Gasteiger partial charge >= 0.3 is 0 Å². The number of carbonyl (C=O) groups excluding carboxylic acids is 2. The molecule has 0 radical (unpaired) electrons. The monoisotopic (exact) mass is 564 g/mol. The van der Waals surface area contributed by atoms with Gasteiger partial charge in [0.25, 0.3) is 5.91 Å². The van der Waals surface area contributed by atoms with Gasteiger partial charge in [-0.05, 0) is 62.1 Å². The Morgan fingerprint density at radius 3 is 2.60 bits per heavy atom.